The predicted molar refractivity (Wildman–Crippen MR) is 238 cm³/mol. The molecule has 0 saturated heterocycles. The number of nitrogens with one attached hydrogen (secondary N) is 2. The number of nitrogens with zero attached hydrogens (tertiary/aromatic N) is 2. The number of rotatable bonds is 12. The lowest BCUT2D eigenvalue weighted by molar-refractivity contribution is -0.141. The number of carbonyl (C=O) groups excluding carboxylic acids is 3. The van der Waals surface area contributed by atoms with Gasteiger partial charge in [-0.05, 0) is 110 Å². The molecule has 0 fully saturated rings. The molecule has 5 aromatic carbocycles. The number of H-pyrrole nitrogens is 1. The summed E-state index contributed by atoms with van der Waals surface area (Å²) < 4.78 is 0. The minimum atomic E-state index is -0.477. The lowest BCUT2D eigenvalue weighted by atomic mass is 9.85. The molecule has 8 rings (SSSR count). The van der Waals surface area contributed by atoms with Crippen molar-refractivity contribution < 1.29 is 29.1 Å². The molecular weight excluding hydrogens is 753 g/mol. The molecule has 3 N–H and O–H groups in total. The quantitative estimate of drug-likeness (QED) is 0.0279. The number of aromatic nitrogens is 1. The number of aliphatic imine (C=N–C) groups is 1. The molecular formula is C50H46N4O6. The Morgan fingerprint density at radius 2 is 1.32 bits per heavy atom. The monoisotopic (exact) mass is 798 g/mol. The number of allylic oxidation sites excluding steroid dienone is 2. The number of aryl methyl sites for hydroxylation is 2. The molecule has 2 heterocycles. The molecule has 10 heteroatoms. The van der Waals surface area contributed by atoms with E-state index >= 15 is 0 Å². The number of anilines is 1. The van der Waals surface area contributed by atoms with E-state index in [1.54, 1.807) is 0 Å². The fraction of sp³-hybridized carbons (Fsp3) is 0.200. The van der Waals surface area contributed by atoms with Crippen LogP contribution in [0.4, 0.5) is 5.69 Å². The van der Waals surface area contributed by atoms with Gasteiger partial charge in [-0.2, -0.15) is 0 Å². The van der Waals surface area contributed by atoms with Crippen molar-refractivity contribution in [3.05, 3.63) is 171 Å². The number of benzene rings is 5. The van der Waals surface area contributed by atoms with Crippen LogP contribution < -0.4 is 5.32 Å². The molecule has 0 radical (unpaired) electrons. The summed E-state index contributed by atoms with van der Waals surface area (Å²) in [6.45, 7) is 5.02. The average molecular weight is 799 g/mol. The summed E-state index contributed by atoms with van der Waals surface area (Å²) in [5, 5.41) is 16.8. The maximum Gasteiger partial charge on any atom is 0.331 e. The fourth-order valence-electron chi connectivity index (χ4n) is 8.10. The molecule has 10 nitrogen and oxygen atoms in total. The first-order valence-electron chi connectivity index (χ1n) is 20.0. The van der Waals surface area contributed by atoms with Crippen molar-refractivity contribution in [1.82, 2.24) is 4.98 Å². The van der Waals surface area contributed by atoms with Gasteiger partial charge in [0.2, 0.25) is 0 Å². The van der Waals surface area contributed by atoms with E-state index in [9.17, 15) is 14.4 Å². The van der Waals surface area contributed by atoms with Gasteiger partial charge in [-0.1, -0.05) is 84.0 Å². The lowest BCUT2D eigenvalue weighted by Crippen LogP contribution is -2.21. The molecule has 0 bridgehead atoms. The van der Waals surface area contributed by atoms with Gasteiger partial charge in [0.1, 0.15) is 0 Å². The third kappa shape index (κ3) is 8.63. The van der Waals surface area contributed by atoms with Crippen LogP contribution in [0, 0.1) is 13.8 Å². The number of fused-ring (bicyclic) bond motifs is 6. The molecule has 0 amide bonds. The van der Waals surface area contributed by atoms with Gasteiger partial charge in [0.15, 0.2) is 11.6 Å². The molecule has 0 saturated carbocycles. The van der Waals surface area contributed by atoms with Crippen molar-refractivity contribution in [1.29, 1.82) is 0 Å². The van der Waals surface area contributed by atoms with Crippen LogP contribution in [0.5, 0.6) is 0 Å². The average Bonchev–Trinajstić information content (AvgIpc) is 3.81. The van der Waals surface area contributed by atoms with E-state index in [0.717, 1.165) is 80.3 Å². The zero-order chi connectivity index (χ0) is 42.3. The van der Waals surface area contributed by atoms with Crippen LogP contribution in [0.3, 0.4) is 0 Å². The Morgan fingerprint density at radius 3 is 1.95 bits per heavy atom. The Balaban J connectivity index is 0.00000176. The number of carbonyl (C=O) groups is 4. The van der Waals surface area contributed by atoms with Gasteiger partial charge in [0.05, 0.1) is 11.8 Å². The molecule has 1 aromatic heterocycles. The van der Waals surface area contributed by atoms with Crippen molar-refractivity contribution in [3.63, 3.8) is 0 Å². The molecule has 302 valence electrons. The Bertz CT molecular complexity index is 2770. The number of unbranched alkanes of at least 4 members (excludes halogenated alkanes) is 1. The Morgan fingerprint density at radius 1 is 0.750 bits per heavy atom. The number of oxime groups is 1. The summed E-state index contributed by atoms with van der Waals surface area (Å²) in [4.78, 5) is 60.6. The van der Waals surface area contributed by atoms with E-state index in [1.807, 2.05) is 106 Å². The third-order valence-electron chi connectivity index (χ3n) is 11.2. The highest BCUT2D eigenvalue weighted by atomic mass is 16.7. The van der Waals surface area contributed by atoms with Crippen molar-refractivity contribution in [2.24, 2.45) is 10.1 Å². The number of ketones is 2. The number of hydrogen-bond acceptors (Lipinski definition) is 8. The van der Waals surface area contributed by atoms with Crippen LogP contribution in [0.15, 0.2) is 137 Å². The topological polar surface area (TPSA) is 150 Å². The van der Waals surface area contributed by atoms with E-state index in [1.165, 1.54) is 6.92 Å². The minimum absolute atomic E-state index is 0.0104. The van der Waals surface area contributed by atoms with E-state index in [4.69, 9.17) is 19.7 Å². The van der Waals surface area contributed by atoms with Crippen molar-refractivity contribution in [2.45, 2.75) is 58.4 Å². The zero-order valence-corrected chi connectivity index (χ0v) is 34.0. The Hall–Kier alpha value is -7.20. The second-order valence-corrected chi connectivity index (χ2v) is 15.0. The Kier molecular flexibility index (Phi) is 12.4. The van der Waals surface area contributed by atoms with Crippen LogP contribution >= 0.6 is 0 Å². The third-order valence-corrected chi connectivity index (χ3v) is 11.2. The van der Waals surface area contributed by atoms with E-state index in [0.29, 0.717) is 34.4 Å². The van der Waals surface area contributed by atoms with Gasteiger partial charge >= 0.3 is 5.97 Å². The van der Waals surface area contributed by atoms with Crippen LogP contribution in [0.25, 0.3) is 21.8 Å². The molecule has 6 aromatic rings. The summed E-state index contributed by atoms with van der Waals surface area (Å²) in [6, 6.07) is 33.7. The first kappa shape index (κ1) is 41.0. The molecule has 2 unspecified atom stereocenters. The van der Waals surface area contributed by atoms with Crippen LogP contribution in [-0.2, 0) is 14.4 Å². The molecule has 2 aliphatic rings. The highest BCUT2D eigenvalue weighted by Gasteiger charge is 2.33. The smallest absolute Gasteiger partial charge is 0.331 e. The minimum Gasteiger partial charge on any atom is -0.483 e. The van der Waals surface area contributed by atoms with Gasteiger partial charge in [0, 0.05) is 75.4 Å². The maximum atomic E-state index is 13.5. The summed E-state index contributed by atoms with van der Waals surface area (Å²) >= 11 is 0. The van der Waals surface area contributed by atoms with E-state index in [-0.39, 0.29) is 30.0 Å². The lowest BCUT2D eigenvalue weighted by Gasteiger charge is -2.20. The SMILES string of the molecule is CN=C(CCCC/C(=N\OC(C)=O)c1ccc2c(c1)C1C=C(C(=O)c3ccccc3C)C=CC1N2)c1ccc2[nH]c3ccc(C(=O)c4ccccc4C)cc3c2c1.O=CO. The van der Waals surface area contributed by atoms with Crippen LogP contribution in [-0.4, -0.2) is 58.6 Å². The Labute approximate surface area is 348 Å². The van der Waals surface area contributed by atoms with Gasteiger partial charge in [0.25, 0.3) is 6.47 Å². The molecule has 60 heavy (non-hydrogen) atoms. The summed E-state index contributed by atoms with van der Waals surface area (Å²) in [6.07, 6.45) is 9.01. The largest absolute Gasteiger partial charge is 0.483 e. The van der Waals surface area contributed by atoms with Gasteiger partial charge in [-0.15, -0.1) is 0 Å². The number of hydrogen-bond donors (Lipinski definition) is 3. The van der Waals surface area contributed by atoms with Crippen molar-refractivity contribution in [3.8, 4) is 0 Å². The van der Waals surface area contributed by atoms with Gasteiger partial charge < -0.3 is 20.2 Å². The van der Waals surface area contributed by atoms with E-state index in [2.05, 4.69) is 51.9 Å². The zero-order valence-electron chi connectivity index (χ0n) is 34.0. The van der Waals surface area contributed by atoms with E-state index < -0.39 is 5.97 Å². The number of carboxylic acid groups (broad SMARTS) is 1. The highest BCUT2D eigenvalue weighted by molar-refractivity contribution is 6.16. The number of aromatic amines is 1. The van der Waals surface area contributed by atoms with Gasteiger partial charge in [-0.25, -0.2) is 4.79 Å². The predicted octanol–water partition coefficient (Wildman–Crippen LogP) is 10.1. The van der Waals surface area contributed by atoms with Crippen LogP contribution in [0.1, 0.15) is 92.6 Å². The highest BCUT2D eigenvalue weighted by Crippen LogP contribution is 2.41. The fourth-order valence-corrected chi connectivity index (χ4v) is 8.10. The normalized spacial score (nSPS) is 15.6. The van der Waals surface area contributed by atoms with Crippen LogP contribution in [0.2, 0.25) is 0 Å². The molecule has 1 aliphatic carbocycles. The molecule has 1 aliphatic heterocycles. The summed E-state index contributed by atoms with van der Waals surface area (Å²) in [5.41, 5.74) is 12.3. The first-order chi connectivity index (χ1) is 29.1. The van der Waals surface area contributed by atoms with Crippen molar-refractivity contribution in [2.75, 3.05) is 12.4 Å². The van der Waals surface area contributed by atoms with Crippen molar-refractivity contribution >= 4 is 62.9 Å². The molecule has 2 atom stereocenters. The number of Topliss-reactive ketones (excluding diaryl/α,β-unsaturated/α-hetero) is 1. The summed E-state index contributed by atoms with van der Waals surface area (Å²) in [5.74, 6) is -0.479. The maximum absolute atomic E-state index is 13.5. The molecule has 0 spiro atoms. The second-order valence-electron chi connectivity index (χ2n) is 15.0. The first-order valence-corrected chi connectivity index (χ1v) is 20.0. The second kappa shape index (κ2) is 18.2. The standard InChI is InChI=1S/C49H44N4O4.CH2O2/c1-29-11-5-7-13-36(29)48(55)34-19-23-46-40(27-34)38-25-32(17-21-44(38)51-46)42(50-4)15-9-10-16-43(53-57-31(3)54)33-18-22-45-39(26-33)41-28-35(20-24-47(41)52-45)49(56)37-14-8-6-12-30(37)2;2-1-3/h5-8,11-14,17-28,41,47,51-52H,9-10,15-16H2,1-4H3;1H,(H,2,3)/b50-42?,53-43+;. The summed E-state index contributed by atoms with van der Waals surface area (Å²) in [7, 11) is 1.82. The van der Waals surface area contributed by atoms with Gasteiger partial charge in [-0.3, -0.25) is 19.4 Å².